The number of carbonyl (C=O) groups is 2. The molecule has 2 aromatic rings. The van der Waals surface area contributed by atoms with Gasteiger partial charge in [-0.1, -0.05) is 12.1 Å². The fraction of sp³-hybridized carbons (Fsp3) is 0.294. The standard InChI is InChI=1S/C17H19NO5S/c1-10-13(11-4-6-12(23-3)7-5-11)8-14(24-10)15(19)18-9-17(2,22)16(20)21/h4-8,22H,9H2,1-3H3,(H,18,19)(H,20,21). The molecule has 1 aromatic carbocycles. The van der Waals surface area contributed by atoms with Gasteiger partial charge >= 0.3 is 5.97 Å². The Balaban J connectivity index is 2.15. The molecule has 0 aliphatic rings. The highest BCUT2D eigenvalue weighted by Crippen LogP contribution is 2.32. The molecule has 2 rings (SSSR count). The molecular formula is C17H19NO5S. The number of methoxy groups -OCH3 is 1. The lowest BCUT2D eigenvalue weighted by atomic mass is 10.1. The Morgan fingerprint density at radius 2 is 1.92 bits per heavy atom. The number of aliphatic carboxylic acids is 1. The Labute approximate surface area is 143 Å². The van der Waals surface area contributed by atoms with Crippen LogP contribution in [0.1, 0.15) is 21.5 Å². The van der Waals surface area contributed by atoms with Crippen LogP contribution in [0.2, 0.25) is 0 Å². The fourth-order valence-corrected chi connectivity index (χ4v) is 3.02. The van der Waals surface area contributed by atoms with E-state index in [0.717, 1.165) is 28.7 Å². The number of carbonyl (C=O) groups excluding carboxylic acids is 1. The largest absolute Gasteiger partial charge is 0.497 e. The molecule has 1 amide bonds. The van der Waals surface area contributed by atoms with Crippen LogP contribution in [0.4, 0.5) is 0 Å². The summed E-state index contributed by atoms with van der Waals surface area (Å²) in [5.74, 6) is -1.05. The average Bonchev–Trinajstić information content (AvgIpc) is 2.94. The van der Waals surface area contributed by atoms with E-state index in [2.05, 4.69) is 5.32 Å². The smallest absolute Gasteiger partial charge is 0.337 e. The minimum Gasteiger partial charge on any atom is -0.497 e. The van der Waals surface area contributed by atoms with Gasteiger partial charge in [-0.15, -0.1) is 11.3 Å². The van der Waals surface area contributed by atoms with Gasteiger partial charge in [0.05, 0.1) is 18.5 Å². The van der Waals surface area contributed by atoms with Gasteiger partial charge in [0.25, 0.3) is 5.91 Å². The topological polar surface area (TPSA) is 95.9 Å². The highest BCUT2D eigenvalue weighted by atomic mass is 32.1. The Morgan fingerprint density at radius 3 is 2.46 bits per heavy atom. The normalized spacial score (nSPS) is 13.2. The van der Waals surface area contributed by atoms with Gasteiger partial charge in [-0.05, 0) is 43.2 Å². The molecule has 0 aliphatic carbocycles. The lowest BCUT2D eigenvalue weighted by molar-refractivity contribution is -0.155. The number of aryl methyl sites for hydroxylation is 1. The number of aliphatic hydroxyl groups is 1. The van der Waals surface area contributed by atoms with Crippen LogP contribution < -0.4 is 10.1 Å². The second kappa shape index (κ2) is 7.02. The van der Waals surface area contributed by atoms with E-state index < -0.39 is 17.5 Å². The lowest BCUT2D eigenvalue weighted by Gasteiger charge is -2.17. The maximum atomic E-state index is 12.2. The quantitative estimate of drug-likeness (QED) is 0.744. The van der Waals surface area contributed by atoms with Gasteiger partial charge in [0.15, 0.2) is 5.60 Å². The molecule has 1 atom stereocenters. The minimum atomic E-state index is -2.00. The van der Waals surface area contributed by atoms with E-state index in [9.17, 15) is 14.7 Å². The first kappa shape index (κ1) is 18.0. The maximum Gasteiger partial charge on any atom is 0.337 e. The molecule has 0 radical (unpaired) electrons. The average molecular weight is 349 g/mol. The third-order valence-corrected chi connectivity index (χ3v) is 4.65. The number of thiophene rings is 1. The van der Waals surface area contributed by atoms with E-state index in [4.69, 9.17) is 9.84 Å². The zero-order valence-electron chi connectivity index (χ0n) is 13.6. The molecule has 0 aliphatic heterocycles. The zero-order valence-corrected chi connectivity index (χ0v) is 14.4. The first-order valence-electron chi connectivity index (χ1n) is 7.23. The number of rotatable bonds is 6. The van der Waals surface area contributed by atoms with E-state index in [1.54, 1.807) is 13.2 Å². The second-order valence-electron chi connectivity index (χ2n) is 5.57. The maximum absolute atomic E-state index is 12.2. The monoisotopic (exact) mass is 349 g/mol. The molecule has 24 heavy (non-hydrogen) atoms. The predicted molar refractivity (Wildman–Crippen MR) is 91.6 cm³/mol. The van der Waals surface area contributed by atoms with E-state index in [1.807, 2.05) is 31.2 Å². The highest BCUT2D eigenvalue weighted by molar-refractivity contribution is 7.14. The number of hydrogen-bond acceptors (Lipinski definition) is 5. The molecule has 1 aromatic heterocycles. The number of hydrogen-bond donors (Lipinski definition) is 3. The van der Waals surface area contributed by atoms with Crippen molar-refractivity contribution in [2.24, 2.45) is 0 Å². The highest BCUT2D eigenvalue weighted by Gasteiger charge is 2.30. The van der Waals surface area contributed by atoms with E-state index in [-0.39, 0.29) is 6.54 Å². The molecule has 7 heteroatoms. The summed E-state index contributed by atoms with van der Waals surface area (Å²) >= 11 is 1.31. The van der Waals surface area contributed by atoms with E-state index in [0.29, 0.717) is 4.88 Å². The summed E-state index contributed by atoms with van der Waals surface area (Å²) in [4.78, 5) is 24.5. The Morgan fingerprint density at radius 1 is 1.29 bits per heavy atom. The van der Waals surface area contributed by atoms with Crippen molar-refractivity contribution in [3.63, 3.8) is 0 Å². The van der Waals surface area contributed by atoms with Gasteiger partial charge in [-0.25, -0.2) is 4.79 Å². The molecule has 0 bridgehead atoms. The van der Waals surface area contributed by atoms with Crippen LogP contribution in [0.5, 0.6) is 5.75 Å². The number of carboxylic acid groups (broad SMARTS) is 1. The van der Waals surface area contributed by atoms with Gasteiger partial charge in [-0.2, -0.15) is 0 Å². The SMILES string of the molecule is COc1ccc(-c2cc(C(=O)NCC(C)(O)C(=O)O)sc2C)cc1. The third kappa shape index (κ3) is 3.93. The lowest BCUT2D eigenvalue weighted by Crippen LogP contribution is -2.46. The Kier molecular flexibility index (Phi) is 5.26. The van der Waals surface area contributed by atoms with Crippen LogP contribution in [0.3, 0.4) is 0 Å². The number of nitrogens with one attached hydrogen (secondary N) is 1. The predicted octanol–water partition coefficient (Wildman–Crippen LogP) is 2.30. The summed E-state index contributed by atoms with van der Waals surface area (Å²) < 4.78 is 5.13. The van der Waals surface area contributed by atoms with Crippen molar-refractivity contribution in [3.8, 4) is 16.9 Å². The van der Waals surface area contributed by atoms with Crippen LogP contribution in [0, 0.1) is 6.92 Å². The van der Waals surface area contributed by atoms with Crippen molar-refractivity contribution in [2.75, 3.05) is 13.7 Å². The molecule has 128 valence electrons. The third-order valence-electron chi connectivity index (χ3n) is 3.60. The van der Waals surface area contributed by atoms with Gasteiger partial charge in [0.2, 0.25) is 0 Å². The molecule has 1 unspecified atom stereocenters. The van der Waals surface area contributed by atoms with E-state index >= 15 is 0 Å². The summed E-state index contributed by atoms with van der Waals surface area (Å²) in [6, 6.07) is 9.26. The molecule has 6 nitrogen and oxygen atoms in total. The second-order valence-corrected chi connectivity index (χ2v) is 6.83. The summed E-state index contributed by atoms with van der Waals surface area (Å²) in [6.07, 6.45) is 0. The zero-order chi connectivity index (χ0) is 17.9. The van der Waals surface area contributed by atoms with Crippen molar-refractivity contribution in [2.45, 2.75) is 19.4 Å². The van der Waals surface area contributed by atoms with Crippen LogP contribution in [0.15, 0.2) is 30.3 Å². The van der Waals surface area contributed by atoms with E-state index in [1.165, 1.54) is 11.3 Å². The molecule has 0 saturated carbocycles. The van der Waals surface area contributed by atoms with Crippen LogP contribution in [-0.2, 0) is 4.79 Å². The number of carboxylic acids is 1. The van der Waals surface area contributed by atoms with Crippen LogP contribution in [-0.4, -0.2) is 41.3 Å². The molecular weight excluding hydrogens is 330 g/mol. The van der Waals surface area contributed by atoms with Crippen molar-refractivity contribution in [1.82, 2.24) is 5.32 Å². The van der Waals surface area contributed by atoms with Crippen LogP contribution in [0.25, 0.3) is 11.1 Å². The number of benzene rings is 1. The van der Waals surface area contributed by atoms with Crippen molar-refractivity contribution >= 4 is 23.2 Å². The first-order chi connectivity index (χ1) is 11.2. The van der Waals surface area contributed by atoms with Crippen LogP contribution >= 0.6 is 11.3 Å². The summed E-state index contributed by atoms with van der Waals surface area (Å²) in [5, 5.41) is 21.0. The summed E-state index contributed by atoms with van der Waals surface area (Å²) in [5.41, 5.74) is -0.111. The summed E-state index contributed by atoms with van der Waals surface area (Å²) in [6.45, 7) is 2.68. The minimum absolute atomic E-state index is 0.365. The molecule has 0 fully saturated rings. The van der Waals surface area contributed by atoms with Gasteiger partial charge < -0.3 is 20.3 Å². The Bertz CT molecular complexity index is 749. The van der Waals surface area contributed by atoms with Crippen molar-refractivity contribution in [1.29, 1.82) is 0 Å². The molecule has 3 N–H and O–H groups in total. The van der Waals surface area contributed by atoms with Gasteiger partial charge in [-0.3, -0.25) is 4.79 Å². The van der Waals surface area contributed by atoms with Crippen molar-refractivity contribution < 1.29 is 24.5 Å². The summed E-state index contributed by atoms with van der Waals surface area (Å²) in [7, 11) is 1.60. The molecule has 1 heterocycles. The Hall–Kier alpha value is -2.38. The van der Waals surface area contributed by atoms with Crippen molar-refractivity contribution in [3.05, 3.63) is 40.1 Å². The fourth-order valence-electron chi connectivity index (χ4n) is 2.07. The van der Waals surface area contributed by atoms with Gasteiger partial charge in [0.1, 0.15) is 5.75 Å². The number of ether oxygens (including phenoxy) is 1. The molecule has 0 saturated heterocycles. The van der Waals surface area contributed by atoms with Gasteiger partial charge in [0, 0.05) is 4.88 Å². The molecule has 0 spiro atoms. The first-order valence-corrected chi connectivity index (χ1v) is 8.05. The number of amides is 1.